The van der Waals surface area contributed by atoms with E-state index < -0.39 is 15.9 Å². The first-order valence-electron chi connectivity index (χ1n) is 9.94. The van der Waals surface area contributed by atoms with Crippen molar-refractivity contribution in [3.8, 4) is 0 Å². The first kappa shape index (κ1) is 21.3. The minimum absolute atomic E-state index is 0.0259. The van der Waals surface area contributed by atoms with Gasteiger partial charge >= 0.3 is 0 Å². The summed E-state index contributed by atoms with van der Waals surface area (Å²) in [4.78, 5) is 13.6. The Morgan fingerprint density at radius 3 is 2.35 bits per heavy atom. The van der Waals surface area contributed by atoms with Gasteiger partial charge in [0.15, 0.2) is 0 Å². The highest BCUT2D eigenvalue weighted by Gasteiger charge is 2.40. The Hall–Kier alpha value is -2.89. The van der Waals surface area contributed by atoms with Crippen LogP contribution >= 0.6 is 11.6 Å². The minimum atomic E-state index is -4.13. The highest BCUT2D eigenvalue weighted by molar-refractivity contribution is 7.93. The number of hydrogen-bond acceptors (Lipinski definition) is 3. The minimum Gasteiger partial charge on any atom is -0.273 e. The summed E-state index contributed by atoms with van der Waals surface area (Å²) in [6, 6.07) is 21.2. The normalized spacial score (nSPS) is 18.9. The fourth-order valence-corrected chi connectivity index (χ4v) is 5.74. The Kier molecular flexibility index (Phi) is 5.73. The van der Waals surface area contributed by atoms with Gasteiger partial charge in [0.05, 0.1) is 10.6 Å². The topological polar surface area (TPSA) is 54.5 Å². The van der Waals surface area contributed by atoms with E-state index in [0.29, 0.717) is 10.6 Å². The van der Waals surface area contributed by atoms with Gasteiger partial charge in [0.25, 0.3) is 10.0 Å². The molecule has 0 saturated heterocycles. The Labute approximate surface area is 187 Å². The second kappa shape index (κ2) is 8.33. The van der Waals surface area contributed by atoms with Crippen molar-refractivity contribution in [3.63, 3.8) is 0 Å². The van der Waals surface area contributed by atoms with Gasteiger partial charge < -0.3 is 0 Å². The number of allylic oxidation sites excluding steroid dienone is 1. The van der Waals surface area contributed by atoms with Crippen LogP contribution in [0.15, 0.2) is 90.3 Å². The maximum absolute atomic E-state index is 13.6. The third kappa shape index (κ3) is 3.91. The van der Waals surface area contributed by atoms with E-state index in [0.717, 1.165) is 15.4 Å². The molecule has 3 aromatic rings. The summed E-state index contributed by atoms with van der Waals surface area (Å²) in [5.41, 5.74) is 2.87. The van der Waals surface area contributed by atoms with Crippen LogP contribution in [-0.4, -0.2) is 14.3 Å². The SMILES string of the molecule is C=C[C@H]1c2ccc(Cl)cc2N(S(=O)(=O)c2ccc(C)cc2)C(=O)C[C@@H]1c1ccccc1. The molecule has 3 aromatic carbocycles. The van der Waals surface area contributed by atoms with Gasteiger partial charge in [0, 0.05) is 23.3 Å². The van der Waals surface area contributed by atoms with Gasteiger partial charge in [-0.15, -0.1) is 6.58 Å². The number of fused-ring (bicyclic) bond motifs is 1. The van der Waals surface area contributed by atoms with Crippen LogP contribution in [0.3, 0.4) is 0 Å². The average Bonchev–Trinajstić information content (AvgIpc) is 2.88. The lowest BCUT2D eigenvalue weighted by Gasteiger charge is -2.24. The van der Waals surface area contributed by atoms with Crippen LogP contribution in [0, 0.1) is 6.92 Å². The number of hydrogen-bond donors (Lipinski definition) is 0. The summed E-state index contributed by atoms with van der Waals surface area (Å²) in [7, 11) is -4.13. The number of aryl methyl sites for hydroxylation is 1. The monoisotopic (exact) mass is 451 g/mol. The molecule has 1 aliphatic rings. The van der Waals surface area contributed by atoms with Gasteiger partial charge in [-0.2, -0.15) is 0 Å². The number of benzene rings is 3. The second-order valence-corrected chi connectivity index (χ2v) is 9.89. The zero-order chi connectivity index (χ0) is 22.2. The predicted octanol–water partition coefficient (Wildman–Crippen LogP) is 5.83. The lowest BCUT2D eigenvalue weighted by Crippen LogP contribution is -2.37. The van der Waals surface area contributed by atoms with Crippen LogP contribution < -0.4 is 4.31 Å². The second-order valence-electron chi connectivity index (χ2n) is 7.66. The Balaban J connectivity index is 1.94. The fraction of sp³-hybridized carbons (Fsp3) is 0.160. The molecule has 31 heavy (non-hydrogen) atoms. The van der Waals surface area contributed by atoms with Gasteiger partial charge in [-0.3, -0.25) is 4.79 Å². The maximum atomic E-state index is 13.6. The fourth-order valence-electron chi connectivity index (χ4n) is 4.12. The number of sulfonamides is 1. The predicted molar refractivity (Wildman–Crippen MR) is 124 cm³/mol. The van der Waals surface area contributed by atoms with E-state index in [2.05, 4.69) is 6.58 Å². The first-order valence-corrected chi connectivity index (χ1v) is 11.8. The number of nitrogens with zero attached hydrogens (tertiary/aromatic N) is 1. The molecular formula is C25H22ClNO3S. The van der Waals surface area contributed by atoms with Crippen molar-refractivity contribution in [1.82, 2.24) is 0 Å². The van der Waals surface area contributed by atoms with Gasteiger partial charge in [0.1, 0.15) is 0 Å². The zero-order valence-corrected chi connectivity index (χ0v) is 18.6. The Morgan fingerprint density at radius 2 is 1.71 bits per heavy atom. The van der Waals surface area contributed by atoms with Crippen molar-refractivity contribution >= 4 is 33.2 Å². The summed E-state index contributed by atoms with van der Waals surface area (Å²) in [5, 5.41) is 0.358. The third-order valence-corrected chi connectivity index (χ3v) is 7.65. The third-order valence-electron chi connectivity index (χ3n) is 5.67. The largest absolute Gasteiger partial charge is 0.273 e. The van der Waals surface area contributed by atoms with Crippen LogP contribution in [0.2, 0.25) is 5.02 Å². The van der Waals surface area contributed by atoms with E-state index in [-0.39, 0.29) is 28.8 Å². The van der Waals surface area contributed by atoms with Crippen LogP contribution in [0.5, 0.6) is 0 Å². The van der Waals surface area contributed by atoms with E-state index in [4.69, 9.17) is 11.6 Å². The molecule has 4 nitrogen and oxygen atoms in total. The molecular weight excluding hydrogens is 430 g/mol. The Bertz CT molecular complexity index is 1240. The van der Waals surface area contributed by atoms with Gasteiger partial charge in [-0.05, 0) is 42.3 Å². The highest BCUT2D eigenvalue weighted by atomic mass is 35.5. The average molecular weight is 452 g/mol. The number of halogens is 1. The summed E-state index contributed by atoms with van der Waals surface area (Å²) in [6.45, 7) is 5.87. The Morgan fingerprint density at radius 1 is 1.03 bits per heavy atom. The van der Waals surface area contributed by atoms with E-state index in [9.17, 15) is 13.2 Å². The number of anilines is 1. The van der Waals surface area contributed by atoms with Crippen molar-refractivity contribution in [2.24, 2.45) is 0 Å². The van der Waals surface area contributed by atoms with Crippen LogP contribution in [0.4, 0.5) is 5.69 Å². The van der Waals surface area contributed by atoms with Gasteiger partial charge in [-0.1, -0.05) is 71.8 Å². The van der Waals surface area contributed by atoms with Crippen molar-refractivity contribution in [2.45, 2.75) is 30.1 Å². The number of carbonyl (C=O) groups is 1. The van der Waals surface area contributed by atoms with E-state index in [1.54, 1.807) is 36.4 Å². The molecule has 0 bridgehead atoms. The van der Waals surface area contributed by atoms with Crippen molar-refractivity contribution in [3.05, 3.63) is 107 Å². The standard InChI is InChI=1S/C25H22ClNO3S/c1-3-21-22-14-11-19(26)15-24(22)27(31(29,30)20-12-9-17(2)10-13-20)25(28)16-23(21)18-7-5-4-6-8-18/h3-15,21,23H,1,16H2,2H3/t21-,23+/m0/s1. The number of amides is 1. The molecule has 0 saturated carbocycles. The molecule has 0 spiro atoms. The highest BCUT2D eigenvalue weighted by Crippen LogP contribution is 2.46. The molecule has 4 rings (SSSR count). The van der Waals surface area contributed by atoms with Gasteiger partial charge in [-0.25, -0.2) is 12.7 Å². The number of carbonyl (C=O) groups excluding carboxylic acids is 1. The van der Waals surface area contributed by atoms with Crippen molar-refractivity contribution in [2.75, 3.05) is 4.31 Å². The molecule has 0 unspecified atom stereocenters. The zero-order valence-electron chi connectivity index (χ0n) is 17.0. The summed E-state index contributed by atoms with van der Waals surface area (Å²) >= 11 is 6.25. The molecule has 0 radical (unpaired) electrons. The molecule has 1 aliphatic heterocycles. The summed E-state index contributed by atoms with van der Waals surface area (Å²) < 4.78 is 28.1. The van der Waals surface area contributed by atoms with E-state index in [1.807, 2.05) is 37.3 Å². The summed E-state index contributed by atoms with van der Waals surface area (Å²) in [6.07, 6.45) is 1.80. The van der Waals surface area contributed by atoms with Gasteiger partial charge in [0.2, 0.25) is 5.91 Å². The molecule has 0 aromatic heterocycles. The first-order chi connectivity index (χ1) is 14.8. The maximum Gasteiger partial charge on any atom is 0.270 e. The number of rotatable bonds is 4. The smallest absolute Gasteiger partial charge is 0.270 e. The van der Waals surface area contributed by atoms with Crippen LogP contribution in [0.25, 0.3) is 0 Å². The van der Waals surface area contributed by atoms with Crippen LogP contribution in [0.1, 0.15) is 34.9 Å². The molecule has 158 valence electrons. The van der Waals surface area contributed by atoms with Crippen molar-refractivity contribution in [1.29, 1.82) is 0 Å². The lowest BCUT2D eigenvalue weighted by molar-refractivity contribution is -0.117. The summed E-state index contributed by atoms with van der Waals surface area (Å²) in [5.74, 6) is -0.997. The molecule has 0 fully saturated rings. The molecule has 0 N–H and O–H groups in total. The van der Waals surface area contributed by atoms with E-state index in [1.165, 1.54) is 12.1 Å². The molecule has 1 amide bonds. The molecule has 2 atom stereocenters. The molecule has 0 aliphatic carbocycles. The molecule has 1 heterocycles. The quantitative estimate of drug-likeness (QED) is 0.469. The van der Waals surface area contributed by atoms with E-state index >= 15 is 0 Å². The lowest BCUT2D eigenvalue weighted by atomic mass is 9.80. The van der Waals surface area contributed by atoms with Crippen LogP contribution in [-0.2, 0) is 14.8 Å². The molecule has 6 heteroatoms. The van der Waals surface area contributed by atoms with Crippen molar-refractivity contribution < 1.29 is 13.2 Å².